The Morgan fingerprint density at radius 2 is 2.00 bits per heavy atom. The molecule has 8 heteroatoms. The first-order chi connectivity index (χ1) is 9.97. The lowest BCUT2D eigenvalue weighted by Gasteiger charge is -2.26. The highest BCUT2D eigenvalue weighted by atomic mass is 35.5. The molecule has 2 atom stereocenters. The molecule has 3 rings (SSSR count). The van der Waals surface area contributed by atoms with E-state index >= 15 is 0 Å². The summed E-state index contributed by atoms with van der Waals surface area (Å²) in [6, 6.07) is 0.989. The monoisotopic (exact) mass is 311 g/mol. The lowest BCUT2D eigenvalue weighted by molar-refractivity contribution is -0.385. The Kier molecular flexibility index (Phi) is 3.71. The molecule has 1 aromatic heterocycles. The van der Waals surface area contributed by atoms with Crippen LogP contribution in [0.2, 0.25) is 5.28 Å². The number of aryl methyl sites for hydroxylation is 1. The van der Waals surface area contributed by atoms with E-state index in [0.717, 1.165) is 25.9 Å². The summed E-state index contributed by atoms with van der Waals surface area (Å²) in [5.74, 6) is 0.360. The van der Waals surface area contributed by atoms with Crippen LogP contribution in [-0.4, -0.2) is 52.0 Å². The summed E-state index contributed by atoms with van der Waals surface area (Å²) in [6.07, 6.45) is 3.33. The molecule has 2 saturated heterocycles. The molecule has 0 spiro atoms. The Morgan fingerprint density at radius 3 is 2.71 bits per heavy atom. The molecule has 0 amide bonds. The van der Waals surface area contributed by atoms with Crippen LogP contribution in [-0.2, 0) is 0 Å². The summed E-state index contributed by atoms with van der Waals surface area (Å²) in [7, 11) is 2.14. The van der Waals surface area contributed by atoms with Crippen molar-refractivity contribution in [2.24, 2.45) is 0 Å². The number of halogens is 1. The maximum atomic E-state index is 11.4. The molecule has 0 saturated carbocycles. The van der Waals surface area contributed by atoms with E-state index in [1.807, 2.05) is 4.90 Å². The van der Waals surface area contributed by atoms with Crippen LogP contribution >= 0.6 is 11.6 Å². The first-order valence-corrected chi connectivity index (χ1v) is 7.50. The predicted molar refractivity (Wildman–Crippen MR) is 79.8 cm³/mol. The van der Waals surface area contributed by atoms with Crippen molar-refractivity contribution in [1.29, 1.82) is 0 Å². The first-order valence-electron chi connectivity index (χ1n) is 7.12. The second-order valence-corrected chi connectivity index (χ2v) is 6.13. The van der Waals surface area contributed by atoms with Gasteiger partial charge in [-0.1, -0.05) is 0 Å². The van der Waals surface area contributed by atoms with Gasteiger partial charge in [0.2, 0.25) is 11.1 Å². The number of nitrogens with zero attached hydrogens (tertiary/aromatic N) is 5. The van der Waals surface area contributed by atoms with Crippen LogP contribution in [0.1, 0.15) is 25.0 Å². The fraction of sp³-hybridized carbons (Fsp3) is 0.692. The number of likely N-dealkylation sites (N-methyl/N-ethyl adjacent to an activating group) is 1. The Labute approximate surface area is 128 Å². The summed E-state index contributed by atoms with van der Waals surface area (Å²) >= 11 is 5.91. The topological polar surface area (TPSA) is 75.4 Å². The van der Waals surface area contributed by atoms with Crippen molar-refractivity contribution in [2.75, 3.05) is 25.0 Å². The Balaban J connectivity index is 1.98. The van der Waals surface area contributed by atoms with E-state index in [1.54, 1.807) is 6.92 Å². The van der Waals surface area contributed by atoms with Crippen molar-refractivity contribution in [1.82, 2.24) is 14.9 Å². The van der Waals surface area contributed by atoms with Crippen LogP contribution in [0.25, 0.3) is 0 Å². The Morgan fingerprint density at radius 1 is 1.29 bits per heavy atom. The zero-order valence-corrected chi connectivity index (χ0v) is 12.9. The SMILES string of the molecule is Cc1nc(Cl)nc(N2CCC3CCC(C2)N3C)c1[N+](=O)[O-]. The summed E-state index contributed by atoms with van der Waals surface area (Å²) in [5, 5.41) is 11.4. The van der Waals surface area contributed by atoms with E-state index in [4.69, 9.17) is 11.6 Å². The maximum Gasteiger partial charge on any atom is 0.332 e. The second-order valence-electron chi connectivity index (χ2n) is 5.79. The normalized spacial score (nSPS) is 26.0. The van der Waals surface area contributed by atoms with E-state index in [2.05, 4.69) is 21.9 Å². The van der Waals surface area contributed by atoms with Crippen LogP contribution in [0.3, 0.4) is 0 Å². The number of nitro groups is 1. The molecule has 0 N–H and O–H groups in total. The molecule has 2 fully saturated rings. The number of anilines is 1. The molecule has 2 aliphatic rings. The van der Waals surface area contributed by atoms with E-state index < -0.39 is 4.92 Å². The van der Waals surface area contributed by atoms with Gasteiger partial charge in [-0.05, 0) is 44.8 Å². The van der Waals surface area contributed by atoms with E-state index in [1.165, 1.54) is 6.42 Å². The van der Waals surface area contributed by atoms with Crippen LogP contribution in [0.15, 0.2) is 0 Å². The Bertz CT molecular complexity index is 582. The number of aromatic nitrogens is 2. The van der Waals surface area contributed by atoms with Gasteiger partial charge in [0.1, 0.15) is 5.69 Å². The van der Waals surface area contributed by atoms with Crippen molar-refractivity contribution in [3.8, 4) is 0 Å². The lowest BCUT2D eigenvalue weighted by atomic mass is 10.1. The largest absolute Gasteiger partial charge is 0.349 e. The summed E-state index contributed by atoms with van der Waals surface area (Å²) in [5.41, 5.74) is 0.289. The lowest BCUT2D eigenvalue weighted by Crippen LogP contribution is -2.37. The quantitative estimate of drug-likeness (QED) is 0.472. The third-order valence-electron chi connectivity index (χ3n) is 4.64. The molecule has 21 heavy (non-hydrogen) atoms. The Hall–Kier alpha value is -1.47. The molecular weight excluding hydrogens is 294 g/mol. The van der Waals surface area contributed by atoms with Crippen molar-refractivity contribution >= 4 is 23.1 Å². The molecular formula is C13H18ClN5O2. The van der Waals surface area contributed by atoms with Gasteiger partial charge < -0.3 is 4.90 Å². The fourth-order valence-corrected chi connectivity index (χ4v) is 3.66. The number of hydrogen-bond acceptors (Lipinski definition) is 6. The molecule has 2 aliphatic heterocycles. The molecule has 2 bridgehead atoms. The molecule has 0 radical (unpaired) electrons. The highest BCUT2D eigenvalue weighted by Gasteiger charge is 2.37. The average Bonchev–Trinajstić information content (AvgIpc) is 2.61. The minimum atomic E-state index is -0.409. The van der Waals surface area contributed by atoms with Crippen LogP contribution < -0.4 is 4.90 Å². The molecule has 3 heterocycles. The molecule has 1 aromatic rings. The van der Waals surface area contributed by atoms with Gasteiger partial charge in [0.15, 0.2) is 0 Å². The molecule has 114 valence electrons. The van der Waals surface area contributed by atoms with Gasteiger partial charge in [0, 0.05) is 25.2 Å². The van der Waals surface area contributed by atoms with Crippen LogP contribution in [0.5, 0.6) is 0 Å². The zero-order chi connectivity index (χ0) is 15.1. The van der Waals surface area contributed by atoms with Crippen molar-refractivity contribution in [2.45, 2.75) is 38.3 Å². The third-order valence-corrected chi connectivity index (χ3v) is 4.81. The number of rotatable bonds is 2. The minimum Gasteiger partial charge on any atom is -0.349 e. The van der Waals surface area contributed by atoms with Crippen LogP contribution in [0, 0.1) is 17.0 Å². The maximum absolute atomic E-state index is 11.4. The van der Waals surface area contributed by atoms with E-state index in [0.29, 0.717) is 23.6 Å². The predicted octanol–water partition coefficient (Wildman–Crippen LogP) is 2.02. The minimum absolute atomic E-state index is 0.0279. The number of hydrogen-bond donors (Lipinski definition) is 0. The fourth-order valence-electron chi connectivity index (χ4n) is 3.45. The number of fused-ring (bicyclic) bond motifs is 2. The van der Waals surface area contributed by atoms with Crippen LogP contribution in [0.4, 0.5) is 11.5 Å². The highest BCUT2D eigenvalue weighted by molar-refractivity contribution is 6.28. The zero-order valence-electron chi connectivity index (χ0n) is 12.1. The highest BCUT2D eigenvalue weighted by Crippen LogP contribution is 2.35. The summed E-state index contributed by atoms with van der Waals surface area (Å²) in [6.45, 7) is 3.12. The average molecular weight is 312 g/mol. The van der Waals surface area contributed by atoms with E-state index in [-0.39, 0.29) is 11.0 Å². The van der Waals surface area contributed by atoms with Gasteiger partial charge in [-0.15, -0.1) is 0 Å². The molecule has 7 nitrogen and oxygen atoms in total. The van der Waals surface area contributed by atoms with Crippen molar-refractivity contribution in [3.63, 3.8) is 0 Å². The molecule has 0 aromatic carbocycles. The van der Waals surface area contributed by atoms with Gasteiger partial charge in [-0.25, -0.2) is 4.98 Å². The summed E-state index contributed by atoms with van der Waals surface area (Å²) in [4.78, 5) is 23.4. The van der Waals surface area contributed by atoms with Gasteiger partial charge in [0.05, 0.1) is 4.92 Å². The first kappa shape index (κ1) is 14.5. The summed E-state index contributed by atoms with van der Waals surface area (Å²) < 4.78 is 0. The second kappa shape index (κ2) is 5.38. The smallest absolute Gasteiger partial charge is 0.332 e. The van der Waals surface area contributed by atoms with Crippen molar-refractivity contribution in [3.05, 3.63) is 21.1 Å². The van der Waals surface area contributed by atoms with Gasteiger partial charge in [-0.3, -0.25) is 15.0 Å². The van der Waals surface area contributed by atoms with E-state index in [9.17, 15) is 10.1 Å². The third kappa shape index (κ3) is 2.55. The standard InChI is InChI=1S/C13H18ClN5O2/c1-8-11(19(20)21)12(16-13(14)15-8)18-6-5-9-3-4-10(7-18)17(9)2/h9-10H,3-7H2,1-2H3. The van der Waals surface area contributed by atoms with Gasteiger partial charge >= 0.3 is 5.69 Å². The van der Waals surface area contributed by atoms with Gasteiger partial charge in [-0.2, -0.15) is 4.98 Å². The molecule has 2 unspecified atom stereocenters. The molecule has 0 aliphatic carbocycles. The van der Waals surface area contributed by atoms with Gasteiger partial charge in [0.25, 0.3) is 0 Å². The van der Waals surface area contributed by atoms with Crippen molar-refractivity contribution < 1.29 is 4.92 Å².